The summed E-state index contributed by atoms with van der Waals surface area (Å²) in [7, 11) is 0. The van der Waals surface area contributed by atoms with Crippen molar-refractivity contribution in [2.45, 2.75) is 25.4 Å². The number of nitrogens with zero attached hydrogens (tertiary/aromatic N) is 3. The Morgan fingerprint density at radius 2 is 1.85 bits per heavy atom. The van der Waals surface area contributed by atoms with Gasteiger partial charge in [0.15, 0.2) is 6.61 Å². The van der Waals surface area contributed by atoms with Crippen molar-refractivity contribution < 1.29 is 13.9 Å². The van der Waals surface area contributed by atoms with Gasteiger partial charge in [-0.15, -0.1) is 0 Å². The average Bonchev–Trinajstić information content (AvgIpc) is 2.99. The molecule has 27 heavy (non-hydrogen) atoms. The van der Waals surface area contributed by atoms with Crippen LogP contribution in [0.1, 0.15) is 18.4 Å². The van der Waals surface area contributed by atoms with E-state index in [0.29, 0.717) is 11.7 Å². The van der Waals surface area contributed by atoms with E-state index in [4.69, 9.17) is 4.74 Å². The minimum absolute atomic E-state index is 0.000787. The number of aromatic nitrogens is 1. The van der Waals surface area contributed by atoms with Crippen molar-refractivity contribution >= 4 is 5.91 Å². The van der Waals surface area contributed by atoms with Crippen molar-refractivity contribution in [3.63, 3.8) is 0 Å². The van der Waals surface area contributed by atoms with Crippen LogP contribution in [0, 0.1) is 11.7 Å². The molecule has 3 aliphatic heterocycles. The van der Waals surface area contributed by atoms with Gasteiger partial charge in [0.1, 0.15) is 11.6 Å². The molecule has 0 saturated carbocycles. The second-order valence-corrected chi connectivity index (χ2v) is 7.44. The molecule has 2 bridgehead atoms. The maximum Gasteiger partial charge on any atom is 0.260 e. The van der Waals surface area contributed by atoms with Gasteiger partial charge in [-0.2, -0.15) is 0 Å². The van der Waals surface area contributed by atoms with Crippen molar-refractivity contribution in [2.24, 2.45) is 5.92 Å². The maximum atomic E-state index is 13.0. The van der Waals surface area contributed by atoms with E-state index in [1.165, 1.54) is 24.1 Å². The topological polar surface area (TPSA) is 45.7 Å². The summed E-state index contributed by atoms with van der Waals surface area (Å²) in [6.07, 6.45) is 5.86. The number of hydrogen-bond acceptors (Lipinski definition) is 4. The molecule has 2 aromatic rings. The third-order valence-electron chi connectivity index (χ3n) is 5.44. The molecule has 3 aliphatic rings. The monoisotopic (exact) mass is 369 g/mol. The lowest BCUT2D eigenvalue weighted by atomic mass is 9.95. The van der Waals surface area contributed by atoms with Gasteiger partial charge in [-0.1, -0.05) is 0 Å². The van der Waals surface area contributed by atoms with Crippen LogP contribution in [0.3, 0.4) is 0 Å². The highest BCUT2D eigenvalue weighted by atomic mass is 19.1. The van der Waals surface area contributed by atoms with Crippen LogP contribution in [0.15, 0.2) is 48.8 Å². The van der Waals surface area contributed by atoms with Crippen LogP contribution in [0.5, 0.6) is 5.75 Å². The lowest BCUT2D eigenvalue weighted by Gasteiger charge is -2.36. The molecule has 0 aliphatic carbocycles. The molecule has 5 nitrogen and oxygen atoms in total. The Kier molecular flexibility index (Phi) is 5.34. The van der Waals surface area contributed by atoms with Crippen LogP contribution in [0.25, 0.3) is 0 Å². The van der Waals surface area contributed by atoms with E-state index in [0.717, 1.165) is 32.6 Å². The molecule has 142 valence electrons. The van der Waals surface area contributed by atoms with E-state index in [1.54, 1.807) is 12.1 Å². The number of piperidine rings is 1. The Labute approximate surface area is 158 Å². The molecule has 4 heterocycles. The summed E-state index contributed by atoms with van der Waals surface area (Å²) in [6, 6.07) is 10.1. The largest absolute Gasteiger partial charge is 0.484 e. The summed E-state index contributed by atoms with van der Waals surface area (Å²) in [5.74, 6) is 0.719. The van der Waals surface area contributed by atoms with E-state index in [2.05, 4.69) is 9.88 Å². The van der Waals surface area contributed by atoms with Crippen molar-refractivity contribution in [1.82, 2.24) is 14.8 Å². The standard InChI is InChI=1S/C21H24FN3O2/c22-18-2-5-20(6-3-18)27-15-21(26)25-13-17-1-4-19(25)14-24(12-17)11-16-7-9-23-10-8-16/h2-3,5-10,17,19H,1,4,11-15H2/t17-,19+/m0/s1. The maximum absolute atomic E-state index is 13.0. The van der Waals surface area contributed by atoms with Crippen LogP contribution >= 0.6 is 0 Å². The zero-order valence-corrected chi connectivity index (χ0v) is 15.3. The molecule has 2 atom stereocenters. The van der Waals surface area contributed by atoms with Crippen LogP contribution in [0.2, 0.25) is 0 Å². The van der Waals surface area contributed by atoms with Gasteiger partial charge in [-0.05, 0) is 60.7 Å². The van der Waals surface area contributed by atoms with Gasteiger partial charge < -0.3 is 9.64 Å². The number of fused-ring (bicyclic) bond motifs is 4. The van der Waals surface area contributed by atoms with E-state index in [-0.39, 0.29) is 24.4 Å². The van der Waals surface area contributed by atoms with Crippen molar-refractivity contribution in [3.8, 4) is 5.75 Å². The van der Waals surface area contributed by atoms with Gasteiger partial charge in [-0.25, -0.2) is 4.39 Å². The molecule has 0 unspecified atom stereocenters. The number of hydrogen-bond donors (Lipinski definition) is 0. The summed E-state index contributed by atoms with van der Waals surface area (Å²) in [6.45, 7) is 3.59. The Morgan fingerprint density at radius 1 is 1.07 bits per heavy atom. The third-order valence-corrected chi connectivity index (χ3v) is 5.44. The van der Waals surface area contributed by atoms with E-state index < -0.39 is 0 Å². The molecule has 3 fully saturated rings. The first-order valence-electron chi connectivity index (χ1n) is 9.46. The molecule has 1 amide bonds. The second kappa shape index (κ2) is 8.05. The van der Waals surface area contributed by atoms with Gasteiger partial charge >= 0.3 is 0 Å². The van der Waals surface area contributed by atoms with Crippen LogP contribution in [-0.2, 0) is 11.3 Å². The zero-order chi connectivity index (χ0) is 18.6. The quantitative estimate of drug-likeness (QED) is 0.813. The Bertz CT molecular complexity index is 769. The fourth-order valence-electron chi connectivity index (χ4n) is 4.12. The van der Waals surface area contributed by atoms with Gasteiger partial charge in [0.05, 0.1) is 0 Å². The predicted molar refractivity (Wildman–Crippen MR) is 99.6 cm³/mol. The van der Waals surface area contributed by atoms with E-state index in [9.17, 15) is 9.18 Å². The zero-order valence-electron chi connectivity index (χ0n) is 15.3. The molecule has 0 radical (unpaired) electrons. The summed E-state index contributed by atoms with van der Waals surface area (Å²) in [5, 5.41) is 0. The normalized spacial score (nSPS) is 22.5. The molecule has 5 rings (SSSR count). The highest BCUT2D eigenvalue weighted by molar-refractivity contribution is 5.78. The number of halogens is 1. The van der Waals surface area contributed by atoms with Gasteiger partial charge in [0, 0.05) is 44.6 Å². The molecule has 6 heteroatoms. The number of amides is 1. The number of ether oxygens (including phenoxy) is 1. The van der Waals surface area contributed by atoms with Crippen molar-refractivity contribution in [1.29, 1.82) is 0 Å². The Hall–Kier alpha value is -2.47. The number of carbonyl (C=O) groups excluding carboxylic acids is 1. The van der Waals surface area contributed by atoms with Gasteiger partial charge in [0.25, 0.3) is 5.91 Å². The molecule has 0 spiro atoms. The first kappa shape index (κ1) is 17.9. The summed E-state index contributed by atoms with van der Waals surface area (Å²) >= 11 is 0. The first-order valence-corrected chi connectivity index (χ1v) is 9.46. The summed E-state index contributed by atoms with van der Waals surface area (Å²) in [5.41, 5.74) is 1.25. The second-order valence-electron chi connectivity index (χ2n) is 7.44. The first-order chi connectivity index (χ1) is 13.2. The molecular weight excluding hydrogens is 345 g/mol. The predicted octanol–water partition coefficient (Wildman–Crippen LogP) is 2.72. The van der Waals surface area contributed by atoms with E-state index >= 15 is 0 Å². The average molecular weight is 369 g/mol. The minimum Gasteiger partial charge on any atom is -0.484 e. The molecular formula is C21H24FN3O2. The summed E-state index contributed by atoms with van der Waals surface area (Å²) in [4.78, 5) is 21.3. The fourth-order valence-corrected chi connectivity index (χ4v) is 4.12. The molecule has 1 aromatic carbocycles. The minimum atomic E-state index is -0.312. The summed E-state index contributed by atoms with van der Waals surface area (Å²) < 4.78 is 18.5. The van der Waals surface area contributed by atoms with Crippen molar-refractivity contribution in [3.05, 3.63) is 60.2 Å². The smallest absolute Gasteiger partial charge is 0.260 e. The van der Waals surface area contributed by atoms with Gasteiger partial charge in [-0.3, -0.25) is 14.7 Å². The number of benzene rings is 1. The highest BCUT2D eigenvalue weighted by Gasteiger charge is 2.37. The van der Waals surface area contributed by atoms with Crippen molar-refractivity contribution in [2.75, 3.05) is 26.2 Å². The highest BCUT2D eigenvalue weighted by Crippen LogP contribution is 2.29. The molecule has 3 saturated heterocycles. The molecule has 0 N–H and O–H groups in total. The van der Waals surface area contributed by atoms with E-state index in [1.807, 2.05) is 29.4 Å². The van der Waals surface area contributed by atoms with Gasteiger partial charge in [0.2, 0.25) is 0 Å². The number of rotatable bonds is 5. The lowest BCUT2D eigenvalue weighted by molar-refractivity contribution is -0.137. The molecule has 1 aromatic heterocycles. The number of carbonyl (C=O) groups is 1. The van der Waals surface area contributed by atoms with Crippen LogP contribution < -0.4 is 4.74 Å². The Morgan fingerprint density at radius 3 is 2.63 bits per heavy atom. The van der Waals surface area contributed by atoms with Crippen LogP contribution in [0.4, 0.5) is 4.39 Å². The fraction of sp³-hybridized carbons (Fsp3) is 0.429. The third kappa shape index (κ3) is 4.45. The lowest BCUT2D eigenvalue weighted by Crippen LogP contribution is -2.49. The Balaban J connectivity index is 1.36. The SMILES string of the molecule is O=C(COc1ccc(F)cc1)N1C[C@H]2CC[C@@H]1CN(Cc1ccncc1)C2. The number of pyridine rings is 1. The van der Waals surface area contributed by atoms with Crippen LogP contribution in [-0.4, -0.2) is 53.0 Å².